The minimum absolute atomic E-state index is 0.0150. The second-order valence-corrected chi connectivity index (χ2v) is 9.13. The van der Waals surface area contributed by atoms with Crippen molar-refractivity contribution in [3.8, 4) is 0 Å². The number of hydrogen-bond donors (Lipinski definition) is 1. The fraction of sp³-hybridized carbons (Fsp3) is 0.333. The summed E-state index contributed by atoms with van der Waals surface area (Å²) in [5.74, 6) is -0.00394. The zero-order chi connectivity index (χ0) is 20.7. The summed E-state index contributed by atoms with van der Waals surface area (Å²) in [5.41, 5.74) is 0.961. The molecular formula is C21H24BrClN2O2S. The third-order valence-electron chi connectivity index (χ3n) is 4.02. The van der Waals surface area contributed by atoms with Crippen LogP contribution in [-0.4, -0.2) is 34.6 Å². The van der Waals surface area contributed by atoms with Gasteiger partial charge in [0, 0.05) is 27.0 Å². The number of hydrogen-bond acceptors (Lipinski definition) is 3. The Hall–Kier alpha value is -1.50. The van der Waals surface area contributed by atoms with Gasteiger partial charge >= 0.3 is 0 Å². The van der Waals surface area contributed by atoms with Gasteiger partial charge in [0.15, 0.2) is 0 Å². The van der Waals surface area contributed by atoms with Crippen molar-refractivity contribution < 1.29 is 9.59 Å². The van der Waals surface area contributed by atoms with Crippen LogP contribution in [0.5, 0.6) is 0 Å². The molecule has 4 nitrogen and oxygen atoms in total. The van der Waals surface area contributed by atoms with Crippen LogP contribution in [-0.2, 0) is 16.1 Å². The molecular weight excluding hydrogens is 460 g/mol. The van der Waals surface area contributed by atoms with Crippen molar-refractivity contribution in [2.45, 2.75) is 44.3 Å². The topological polar surface area (TPSA) is 49.4 Å². The van der Waals surface area contributed by atoms with E-state index in [0.717, 1.165) is 14.9 Å². The smallest absolute Gasteiger partial charge is 0.242 e. The highest BCUT2D eigenvalue weighted by atomic mass is 79.9. The Bertz CT molecular complexity index is 814. The Kier molecular flexibility index (Phi) is 8.86. The van der Waals surface area contributed by atoms with Gasteiger partial charge in [-0.2, -0.15) is 0 Å². The van der Waals surface area contributed by atoms with E-state index in [4.69, 9.17) is 11.6 Å². The monoisotopic (exact) mass is 482 g/mol. The highest BCUT2D eigenvalue weighted by Crippen LogP contribution is 2.22. The Morgan fingerprint density at radius 1 is 1.14 bits per heavy atom. The first-order chi connectivity index (χ1) is 13.3. The molecule has 150 valence electrons. The number of nitrogens with zero attached hydrogens (tertiary/aromatic N) is 1. The molecule has 0 aliphatic carbocycles. The molecule has 0 saturated carbocycles. The maximum absolute atomic E-state index is 13.0. The Morgan fingerprint density at radius 2 is 1.82 bits per heavy atom. The van der Waals surface area contributed by atoms with Crippen molar-refractivity contribution in [1.82, 2.24) is 10.2 Å². The molecule has 0 aromatic heterocycles. The van der Waals surface area contributed by atoms with E-state index in [2.05, 4.69) is 21.2 Å². The average Bonchev–Trinajstić information content (AvgIpc) is 2.64. The molecule has 2 aromatic rings. The van der Waals surface area contributed by atoms with Gasteiger partial charge in [0.25, 0.3) is 0 Å². The molecule has 1 atom stereocenters. The molecule has 0 heterocycles. The van der Waals surface area contributed by atoms with Crippen LogP contribution in [0.25, 0.3) is 0 Å². The predicted octanol–water partition coefficient (Wildman–Crippen LogP) is 5.14. The van der Waals surface area contributed by atoms with Crippen molar-refractivity contribution in [2.75, 3.05) is 5.75 Å². The lowest BCUT2D eigenvalue weighted by Crippen LogP contribution is -2.49. The van der Waals surface area contributed by atoms with Crippen LogP contribution in [0.3, 0.4) is 0 Å². The zero-order valence-electron chi connectivity index (χ0n) is 16.1. The molecule has 0 bridgehead atoms. The van der Waals surface area contributed by atoms with Gasteiger partial charge in [-0.3, -0.25) is 9.59 Å². The number of carbonyl (C=O) groups is 2. The van der Waals surface area contributed by atoms with Crippen LogP contribution in [0, 0.1) is 0 Å². The zero-order valence-corrected chi connectivity index (χ0v) is 19.3. The molecule has 0 spiro atoms. The summed E-state index contributed by atoms with van der Waals surface area (Å²) in [6, 6.07) is 14.6. The number of rotatable bonds is 8. The van der Waals surface area contributed by atoms with Crippen LogP contribution in [0.1, 0.15) is 26.3 Å². The summed E-state index contributed by atoms with van der Waals surface area (Å²) in [4.78, 5) is 28.1. The van der Waals surface area contributed by atoms with Crippen molar-refractivity contribution >= 4 is 51.1 Å². The molecule has 0 aliphatic heterocycles. The minimum atomic E-state index is -0.570. The molecule has 0 radical (unpaired) electrons. The van der Waals surface area contributed by atoms with E-state index in [0.29, 0.717) is 11.6 Å². The molecule has 2 aromatic carbocycles. The van der Waals surface area contributed by atoms with Crippen LogP contribution in [0.15, 0.2) is 57.9 Å². The van der Waals surface area contributed by atoms with Crippen LogP contribution >= 0.6 is 39.3 Å². The summed E-state index contributed by atoms with van der Waals surface area (Å²) >= 11 is 10.8. The van der Waals surface area contributed by atoms with Crippen molar-refractivity contribution in [3.63, 3.8) is 0 Å². The maximum atomic E-state index is 13.0. The average molecular weight is 484 g/mol. The molecule has 1 unspecified atom stereocenters. The molecule has 0 saturated heterocycles. The van der Waals surface area contributed by atoms with Crippen LogP contribution in [0.2, 0.25) is 5.02 Å². The Morgan fingerprint density at radius 3 is 2.43 bits per heavy atom. The molecule has 2 amide bonds. The fourth-order valence-corrected chi connectivity index (χ4v) is 3.94. The van der Waals surface area contributed by atoms with E-state index < -0.39 is 6.04 Å². The maximum Gasteiger partial charge on any atom is 0.242 e. The van der Waals surface area contributed by atoms with Crippen molar-refractivity contribution in [3.05, 3.63) is 63.6 Å². The minimum Gasteiger partial charge on any atom is -0.352 e. The van der Waals surface area contributed by atoms with Gasteiger partial charge in [-0.05, 0) is 62.7 Å². The highest BCUT2D eigenvalue weighted by molar-refractivity contribution is 9.10. The van der Waals surface area contributed by atoms with Crippen LogP contribution in [0.4, 0.5) is 0 Å². The van der Waals surface area contributed by atoms with E-state index in [1.807, 2.05) is 50.2 Å². The summed E-state index contributed by atoms with van der Waals surface area (Å²) < 4.78 is 0.937. The molecule has 0 aliphatic rings. The largest absolute Gasteiger partial charge is 0.352 e. The van der Waals surface area contributed by atoms with Gasteiger partial charge in [-0.25, -0.2) is 0 Å². The first kappa shape index (κ1) is 22.8. The lowest BCUT2D eigenvalue weighted by molar-refractivity contribution is -0.138. The Labute approximate surface area is 184 Å². The summed E-state index contributed by atoms with van der Waals surface area (Å²) in [5, 5.41) is 3.55. The normalized spacial score (nSPS) is 11.9. The summed E-state index contributed by atoms with van der Waals surface area (Å²) in [6.07, 6.45) is 0. The summed E-state index contributed by atoms with van der Waals surface area (Å²) in [6.45, 7) is 5.94. The van der Waals surface area contributed by atoms with Gasteiger partial charge in [-0.15, -0.1) is 11.8 Å². The summed E-state index contributed by atoms with van der Waals surface area (Å²) in [7, 11) is 0. The van der Waals surface area contributed by atoms with Crippen molar-refractivity contribution in [2.24, 2.45) is 0 Å². The third-order valence-corrected chi connectivity index (χ3v) is 5.76. The van der Waals surface area contributed by atoms with E-state index in [9.17, 15) is 9.59 Å². The number of halogens is 2. The van der Waals surface area contributed by atoms with Gasteiger partial charge < -0.3 is 10.2 Å². The molecule has 28 heavy (non-hydrogen) atoms. The predicted molar refractivity (Wildman–Crippen MR) is 120 cm³/mol. The fourth-order valence-electron chi connectivity index (χ4n) is 2.58. The first-order valence-electron chi connectivity index (χ1n) is 8.99. The van der Waals surface area contributed by atoms with Crippen LogP contribution < -0.4 is 5.32 Å². The van der Waals surface area contributed by atoms with Gasteiger partial charge in [-0.1, -0.05) is 39.7 Å². The number of nitrogens with one attached hydrogen (secondary N) is 1. The molecule has 1 N–H and O–H groups in total. The molecule has 7 heteroatoms. The Balaban J connectivity index is 2.14. The van der Waals surface area contributed by atoms with Gasteiger partial charge in [0.1, 0.15) is 6.04 Å². The van der Waals surface area contributed by atoms with Crippen molar-refractivity contribution in [1.29, 1.82) is 0 Å². The second kappa shape index (κ2) is 10.9. The second-order valence-electron chi connectivity index (χ2n) is 6.73. The molecule has 0 fully saturated rings. The third kappa shape index (κ3) is 7.15. The van der Waals surface area contributed by atoms with E-state index in [1.165, 1.54) is 11.8 Å². The molecule has 2 rings (SSSR count). The number of amides is 2. The standard InChI is InChI=1S/C21H24BrClN2O2S/c1-14(2)24-21(27)15(3)25(12-16-5-4-6-17(22)11-16)20(26)13-28-19-9-7-18(23)8-10-19/h4-11,14-15H,12-13H2,1-3H3,(H,24,27). The van der Waals surface area contributed by atoms with Gasteiger partial charge in [0.2, 0.25) is 11.8 Å². The lowest BCUT2D eigenvalue weighted by Gasteiger charge is -2.29. The SMILES string of the molecule is CC(C)NC(=O)C(C)N(Cc1cccc(Br)c1)C(=O)CSc1ccc(Cl)cc1. The highest BCUT2D eigenvalue weighted by Gasteiger charge is 2.26. The lowest BCUT2D eigenvalue weighted by atomic mass is 10.1. The van der Waals surface area contributed by atoms with E-state index in [-0.39, 0.29) is 23.6 Å². The number of thioether (sulfide) groups is 1. The quantitative estimate of drug-likeness (QED) is 0.529. The first-order valence-corrected chi connectivity index (χ1v) is 11.1. The number of carbonyl (C=O) groups excluding carboxylic acids is 2. The van der Waals surface area contributed by atoms with E-state index in [1.54, 1.807) is 24.0 Å². The number of benzene rings is 2. The van der Waals surface area contributed by atoms with E-state index >= 15 is 0 Å². The van der Waals surface area contributed by atoms with Gasteiger partial charge in [0.05, 0.1) is 5.75 Å².